The van der Waals surface area contributed by atoms with Crippen molar-refractivity contribution in [1.82, 2.24) is 19.5 Å². The van der Waals surface area contributed by atoms with Crippen LogP contribution in [-0.4, -0.2) is 51.7 Å². The molecule has 0 amide bonds. The molecular formula is C28H40N5O8P. The molecule has 0 radical (unpaired) electrons. The first-order valence-corrected chi connectivity index (χ1v) is 15.3. The first-order chi connectivity index (χ1) is 19.7. The van der Waals surface area contributed by atoms with E-state index in [0.29, 0.717) is 41.4 Å². The van der Waals surface area contributed by atoms with Crippen LogP contribution in [0.5, 0.6) is 5.75 Å². The van der Waals surface area contributed by atoms with E-state index < -0.39 is 44.0 Å². The Morgan fingerprint density at radius 1 is 0.881 bits per heavy atom. The van der Waals surface area contributed by atoms with Crippen molar-refractivity contribution in [3.05, 3.63) is 42.5 Å². The van der Waals surface area contributed by atoms with Gasteiger partial charge in [-0.15, -0.1) is 0 Å². The van der Waals surface area contributed by atoms with Crippen LogP contribution in [0.25, 0.3) is 11.2 Å². The van der Waals surface area contributed by atoms with E-state index in [1.807, 2.05) is 4.57 Å². The molecule has 230 valence electrons. The molecule has 0 bridgehead atoms. The zero-order chi connectivity index (χ0) is 31.0. The van der Waals surface area contributed by atoms with E-state index in [1.165, 1.54) is 6.33 Å². The topological polar surface area (TPSA) is 167 Å². The second-order valence-corrected chi connectivity index (χ2v) is 13.7. The molecule has 0 unspecified atom stereocenters. The summed E-state index contributed by atoms with van der Waals surface area (Å²) in [5, 5.41) is 0. The maximum absolute atomic E-state index is 13.5. The van der Waals surface area contributed by atoms with Crippen molar-refractivity contribution < 1.29 is 37.4 Å². The van der Waals surface area contributed by atoms with E-state index in [2.05, 4.69) is 15.0 Å². The summed E-state index contributed by atoms with van der Waals surface area (Å²) in [4.78, 5) is 36.6. The monoisotopic (exact) mass is 605 g/mol. The van der Waals surface area contributed by atoms with Crippen molar-refractivity contribution in [2.45, 2.75) is 67.1 Å². The number of esters is 2. The lowest BCUT2D eigenvalue weighted by molar-refractivity contribution is -0.162. The maximum Gasteiger partial charge on any atom is 0.340 e. The minimum Gasteiger partial charge on any atom is -0.494 e. The van der Waals surface area contributed by atoms with Gasteiger partial charge in [-0.05, 0) is 72.1 Å². The second-order valence-electron chi connectivity index (χ2n) is 11.7. The van der Waals surface area contributed by atoms with E-state index in [-0.39, 0.29) is 6.16 Å². The highest BCUT2D eigenvalue weighted by Gasteiger charge is 2.30. The normalized spacial score (nSPS) is 12.3. The Morgan fingerprint density at radius 3 is 2.05 bits per heavy atom. The molecule has 0 spiro atoms. The van der Waals surface area contributed by atoms with Crippen LogP contribution in [0.4, 0.5) is 5.82 Å². The number of anilines is 1. The summed E-state index contributed by atoms with van der Waals surface area (Å²) in [6, 6.07) is 6.97. The minimum atomic E-state index is -3.87. The molecule has 2 N–H and O–H groups in total. The fraction of sp³-hybridized carbons (Fsp3) is 0.536. The molecule has 0 atom stereocenters. The quantitative estimate of drug-likeness (QED) is 0.112. The van der Waals surface area contributed by atoms with E-state index in [1.54, 1.807) is 72.1 Å². The maximum atomic E-state index is 13.5. The van der Waals surface area contributed by atoms with E-state index in [9.17, 15) is 14.2 Å². The molecule has 0 aliphatic rings. The van der Waals surface area contributed by atoms with E-state index in [0.717, 1.165) is 12.8 Å². The summed E-state index contributed by atoms with van der Waals surface area (Å²) >= 11 is 0. The number of nitrogen functional groups attached to an aromatic ring is 1. The largest absolute Gasteiger partial charge is 0.494 e. The highest BCUT2D eigenvalue weighted by molar-refractivity contribution is 7.53. The number of aryl methyl sites for hydroxylation is 1. The zero-order valence-electron chi connectivity index (χ0n) is 25.0. The zero-order valence-corrected chi connectivity index (χ0v) is 25.9. The van der Waals surface area contributed by atoms with E-state index in [4.69, 9.17) is 29.0 Å². The van der Waals surface area contributed by atoms with Gasteiger partial charge in [0.2, 0.25) is 13.6 Å². The van der Waals surface area contributed by atoms with Gasteiger partial charge >= 0.3 is 19.5 Å². The molecule has 0 aliphatic carbocycles. The highest BCUT2D eigenvalue weighted by atomic mass is 31.2. The molecule has 2 heterocycles. The molecule has 14 heteroatoms. The van der Waals surface area contributed by atoms with Crippen LogP contribution < -0.4 is 10.5 Å². The average Bonchev–Trinajstić information content (AvgIpc) is 3.32. The number of benzene rings is 1. The Hall–Kier alpha value is -3.54. The predicted octanol–water partition coefficient (Wildman–Crippen LogP) is 5.09. The van der Waals surface area contributed by atoms with Gasteiger partial charge in [-0.3, -0.25) is 23.2 Å². The molecule has 3 rings (SSSR count). The fourth-order valence-electron chi connectivity index (χ4n) is 3.43. The molecular weight excluding hydrogens is 565 g/mol. The van der Waals surface area contributed by atoms with Gasteiger partial charge in [0.25, 0.3) is 0 Å². The molecule has 1 aromatic carbocycles. The molecule has 13 nitrogen and oxygen atoms in total. The Labute approximate surface area is 245 Å². The predicted molar refractivity (Wildman–Crippen MR) is 155 cm³/mol. The summed E-state index contributed by atoms with van der Waals surface area (Å²) in [7, 11) is -3.87. The van der Waals surface area contributed by atoms with Crippen LogP contribution in [0.2, 0.25) is 0 Å². The van der Waals surface area contributed by atoms with Gasteiger partial charge < -0.3 is 24.5 Å². The van der Waals surface area contributed by atoms with Gasteiger partial charge in [0.05, 0.1) is 29.9 Å². The van der Waals surface area contributed by atoms with Crippen LogP contribution >= 0.6 is 7.60 Å². The first-order valence-electron chi connectivity index (χ1n) is 13.5. The highest BCUT2D eigenvalue weighted by Crippen LogP contribution is 2.51. The number of carbonyl (C=O) groups is 2. The molecule has 0 fully saturated rings. The minimum absolute atomic E-state index is 0.139. The van der Waals surface area contributed by atoms with Gasteiger partial charge in [-0.2, -0.15) is 0 Å². The summed E-state index contributed by atoms with van der Waals surface area (Å²) in [5.41, 5.74) is 6.23. The van der Waals surface area contributed by atoms with Crippen molar-refractivity contribution in [1.29, 1.82) is 0 Å². The Balaban J connectivity index is 1.51. The third-order valence-corrected chi connectivity index (χ3v) is 7.64. The van der Waals surface area contributed by atoms with Gasteiger partial charge in [0, 0.05) is 6.54 Å². The molecule has 3 aromatic rings. The average molecular weight is 606 g/mol. The number of rotatable bonds is 14. The number of fused-ring (bicyclic) bond motifs is 1. The number of nitrogens with zero attached hydrogens (tertiary/aromatic N) is 4. The lowest BCUT2D eigenvalue weighted by Gasteiger charge is -2.22. The number of hydrogen-bond acceptors (Lipinski definition) is 12. The Morgan fingerprint density at radius 2 is 1.48 bits per heavy atom. The summed E-state index contributed by atoms with van der Waals surface area (Å²) in [6.07, 6.45) is 4.61. The first kappa shape index (κ1) is 33.0. The number of hydrogen-bond donors (Lipinski definition) is 1. The number of unbranched alkanes of at least 4 members (excludes halogenated alkanes) is 1. The van der Waals surface area contributed by atoms with Crippen LogP contribution in [0.1, 0.15) is 59.9 Å². The Kier molecular flexibility index (Phi) is 11.1. The molecule has 0 aliphatic heterocycles. The molecule has 0 saturated carbocycles. The molecule has 42 heavy (non-hydrogen) atoms. The van der Waals surface area contributed by atoms with Gasteiger partial charge in [-0.25, -0.2) is 15.0 Å². The van der Waals surface area contributed by atoms with Gasteiger partial charge in [-0.1, -0.05) is 12.1 Å². The summed E-state index contributed by atoms with van der Waals surface area (Å²) in [6.45, 7) is 10.2. The smallest absolute Gasteiger partial charge is 0.340 e. The Bertz CT molecular complexity index is 1360. The second kappa shape index (κ2) is 14.1. The standard InChI is InChI=1S/C28H40N5O8P/c1-27(2,3)25(34)38-18-40-42(36,41-19-39-26(35)28(4,5)6)15-20-9-11-21(12-10-20)37-14-8-7-13-33-17-32-22-23(29)30-16-31-24(22)33/h9-12,16-17H,7-8,13-15,18-19H2,1-6H3,(H2,29,30,31). The van der Waals surface area contributed by atoms with Crippen LogP contribution in [0.15, 0.2) is 36.9 Å². The third kappa shape index (κ3) is 9.78. The van der Waals surface area contributed by atoms with Crippen LogP contribution in [0, 0.1) is 10.8 Å². The lowest BCUT2D eigenvalue weighted by Crippen LogP contribution is -2.24. The van der Waals surface area contributed by atoms with Gasteiger partial charge in [0.15, 0.2) is 11.5 Å². The van der Waals surface area contributed by atoms with E-state index >= 15 is 0 Å². The van der Waals surface area contributed by atoms with Crippen molar-refractivity contribution in [2.24, 2.45) is 10.8 Å². The summed E-state index contributed by atoms with van der Waals surface area (Å²) < 4.78 is 42.3. The van der Waals surface area contributed by atoms with Crippen molar-refractivity contribution in [2.75, 3.05) is 25.9 Å². The molecule has 2 aromatic heterocycles. The fourth-order valence-corrected chi connectivity index (χ4v) is 4.77. The van der Waals surface area contributed by atoms with Crippen molar-refractivity contribution >= 4 is 36.5 Å². The number of ether oxygens (including phenoxy) is 3. The van der Waals surface area contributed by atoms with Gasteiger partial charge in [0.1, 0.15) is 17.6 Å². The van der Waals surface area contributed by atoms with Crippen LogP contribution in [0.3, 0.4) is 0 Å². The van der Waals surface area contributed by atoms with Crippen molar-refractivity contribution in [3.8, 4) is 5.75 Å². The third-order valence-electron chi connectivity index (χ3n) is 5.89. The van der Waals surface area contributed by atoms with Crippen LogP contribution in [-0.2, 0) is 45.4 Å². The SMILES string of the molecule is CC(C)(C)C(=O)OCOP(=O)(Cc1ccc(OCCCCn2cnc3c(N)ncnc32)cc1)OCOC(=O)C(C)(C)C. The number of imidazole rings is 1. The number of carbonyl (C=O) groups excluding carboxylic acids is 2. The van der Waals surface area contributed by atoms with Crippen molar-refractivity contribution in [3.63, 3.8) is 0 Å². The molecule has 0 saturated heterocycles. The summed E-state index contributed by atoms with van der Waals surface area (Å²) in [5.74, 6) is -0.0475. The number of aromatic nitrogens is 4. The number of nitrogens with two attached hydrogens (primary N) is 1. The lowest BCUT2D eigenvalue weighted by atomic mass is 9.98.